The SMILES string of the molecule is COc1cc(Cc2ccc(/C(C=O)=C3/NCCc4cc(OC)c(OC)cc43)c(OC)c2OC)c(C[C@@H]2c3cc(OC)c(OC)c(OC)c3CCN2C)cc1OC. The van der Waals surface area contributed by atoms with Crippen LogP contribution < -0.4 is 47.9 Å². The first-order valence-corrected chi connectivity index (χ1v) is 18.4. The molecule has 0 spiro atoms. The summed E-state index contributed by atoms with van der Waals surface area (Å²) in [5, 5.41) is 3.46. The average Bonchev–Trinajstić information content (AvgIpc) is 3.23. The Balaban J connectivity index is 1.46. The number of carbonyl (C=O) groups excluding carboxylic acids is 1. The fourth-order valence-corrected chi connectivity index (χ4v) is 8.13. The van der Waals surface area contributed by atoms with Crippen LogP contribution in [0, 0.1) is 0 Å². The fourth-order valence-electron chi connectivity index (χ4n) is 8.13. The maximum absolute atomic E-state index is 13.0. The number of nitrogens with one attached hydrogen (secondary N) is 1. The van der Waals surface area contributed by atoms with Crippen LogP contribution in [0.1, 0.15) is 50.5 Å². The van der Waals surface area contributed by atoms with Gasteiger partial charge in [-0.05, 0) is 85.0 Å². The number of benzene rings is 4. The monoisotopic (exact) mass is 768 g/mol. The van der Waals surface area contributed by atoms with Gasteiger partial charge < -0.3 is 47.9 Å². The van der Waals surface area contributed by atoms with Gasteiger partial charge in [-0.15, -0.1) is 0 Å². The topological polar surface area (TPSA) is 115 Å². The largest absolute Gasteiger partial charge is 0.493 e. The van der Waals surface area contributed by atoms with Crippen LogP contribution in [-0.2, 0) is 30.5 Å². The minimum Gasteiger partial charge on any atom is -0.493 e. The van der Waals surface area contributed by atoms with E-state index >= 15 is 0 Å². The molecule has 1 atom stereocenters. The van der Waals surface area contributed by atoms with Gasteiger partial charge in [-0.25, -0.2) is 0 Å². The molecule has 0 saturated heterocycles. The summed E-state index contributed by atoms with van der Waals surface area (Å²) in [5.74, 6) is 5.32. The Hall–Kier alpha value is -5.75. The molecule has 2 heterocycles. The zero-order valence-electron chi connectivity index (χ0n) is 34.0. The van der Waals surface area contributed by atoms with Crippen molar-refractivity contribution in [2.45, 2.75) is 31.7 Å². The van der Waals surface area contributed by atoms with E-state index in [9.17, 15) is 4.79 Å². The van der Waals surface area contributed by atoms with Crippen LogP contribution in [-0.4, -0.2) is 95.3 Å². The van der Waals surface area contributed by atoms with Crippen molar-refractivity contribution in [2.24, 2.45) is 0 Å². The highest BCUT2D eigenvalue weighted by Crippen LogP contribution is 2.48. The van der Waals surface area contributed by atoms with Gasteiger partial charge in [-0.1, -0.05) is 6.07 Å². The van der Waals surface area contributed by atoms with E-state index in [4.69, 9.17) is 42.6 Å². The molecule has 1 N–H and O–H groups in total. The van der Waals surface area contributed by atoms with Gasteiger partial charge in [-0.3, -0.25) is 9.69 Å². The number of rotatable bonds is 15. The zero-order chi connectivity index (χ0) is 40.1. The van der Waals surface area contributed by atoms with E-state index in [1.54, 1.807) is 64.0 Å². The second kappa shape index (κ2) is 17.4. The van der Waals surface area contributed by atoms with Crippen molar-refractivity contribution < 1.29 is 47.4 Å². The number of likely N-dealkylation sites (N-methyl/N-ethyl adjacent to an activating group) is 1. The van der Waals surface area contributed by atoms with Gasteiger partial charge in [0.2, 0.25) is 5.75 Å². The third kappa shape index (κ3) is 7.21. The molecule has 12 nitrogen and oxygen atoms in total. The number of methoxy groups -OCH3 is 9. The number of fused-ring (bicyclic) bond motifs is 2. The fraction of sp³-hybridized carbons (Fsp3) is 0.386. The van der Waals surface area contributed by atoms with Crippen LogP contribution in [0.25, 0.3) is 11.3 Å². The number of aldehydes is 1. The molecule has 12 heteroatoms. The van der Waals surface area contributed by atoms with E-state index in [1.165, 1.54) is 0 Å². The molecule has 2 aliphatic heterocycles. The second-order valence-electron chi connectivity index (χ2n) is 13.6. The molecular formula is C44H52N2O10. The molecule has 4 aromatic rings. The minimum absolute atomic E-state index is 0.0191. The van der Waals surface area contributed by atoms with Crippen LogP contribution in [0.3, 0.4) is 0 Å². The molecule has 298 valence electrons. The van der Waals surface area contributed by atoms with Crippen molar-refractivity contribution in [3.8, 4) is 51.7 Å². The molecule has 56 heavy (non-hydrogen) atoms. The minimum atomic E-state index is -0.0191. The third-order valence-corrected chi connectivity index (χ3v) is 10.9. The van der Waals surface area contributed by atoms with Gasteiger partial charge in [0.05, 0.1) is 69.7 Å². The smallest absolute Gasteiger partial charge is 0.203 e. The highest BCUT2D eigenvalue weighted by Gasteiger charge is 2.32. The first kappa shape index (κ1) is 39.9. The summed E-state index contributed by atoms with van der Waals surface area (Å²) >= 11 is 0. The summed E-state index contributed by atoms with van der Waals surface area (Å²) < 4.78 is 52.4. The maximum atomic E-state index is 13.0. The van der Waals surface area contributed by atoms with Crippen LogP contribution in [0.4, 0.5) is 0 Å². The first-order valence-electron chi connectivity index (χ1n) is 18.4. The van der Waals surface area contributed by atoms with Crippen molar-refractivity contribution in [1.82, 2.24) is 10.2 Å². The summed E-state index contributed by atoms with van der Waals surface area (Å²) in [5.41, 5.74) is 8.78. The van der Waals surface area contributed by atoms with E-state index in [0.717, 1.165) is 64.6 Å². The number of hydrogen-bond donors (Lipinski definition) is 1. The highest BCUT2D eigenvalue weighted by atomic mass is 16.5. The van der Waals surface area contributed by atoms with Crippen molar-refractivity contribution in [3.63, 3.8) is 0 Å². The van der Waals surface area contributed by atoms with E-state index in [-0.39, 0.29) is 6.04 Å². The molecule has 0 aromatic heterocycles. The summed E-state index contributed by atoms with van der Waals surface area (Å²) in [6.45, 7) is 1.47. The van der Waals surface area contributed by atoms with Crippen molar-refractivity contribution in [3.05, 3.63) is 87.0 Å². The Kier molecular flexibility index (Phi) is 12.4. The standard InChI is InChI=1S/C44H52N2O10/c1-46-16-14-30-32(23-39(52-6)44(56-10)43(30)55-9)34(46)18-28-21-37(50-4)36(49-3)20-27(28)17-26-11-12-29(42(54-8)41(26)53-7)33(24-47)40-31-22-38(51-5)35(48-2)19-25(31)13-15-45-40/h11-12,19-24,34,45H,13-18H2,1-10H3/b40-33+/t34-/m1/s1. The summed E-state index contributed by atoms with van der Waals surface area (Å²) in [4.78, 5) is 15.4. The Morgan fingerprint density at radius 1 is 0.661 bits per heavy atom. The lowest BCUT2D eigenvalue weighted by molar-refractivity contribution is -0.103. The molecule has 0 bridgehead atoms. The number of hydrogen-bond acceptors (Lipinski definition) is 12. The number of ether oxygens (including phenoxy) is 9. The number of carbonyl (C=O) groups is 1. The summed E-state index contributed by atoms with van der Waals surface area (Å²) in [6, 6.07) is 13.9. The van der Waals surface area contributed by atoms with E-state index in [1.807, 2.05) is 30.3 Å². The van der Waals surface area contributed by atoms with Crippen LogP contribution >= 0.6 is 0 Å². The third-order valence-electron chi connectivity index (χ3n) is 10.9. The predicted molar refractivity (Wildman–Crippen MR) is 215 cm³/mol. The van der Waals surface area contributed by atoms with Crippen molar-refractivity contribution in [1.29, 1.82) is 0 Å². The Bertz CT molecular complexity index is 2130. The van der Waals surface area contributed by atoms with Crippen LogP contribution in [0.2, 0.25) is 0 Å². The molecule has 0 unspecified atom stereocenters. The van der Waals surface area contributed by atoms with Gasteiger partial charge in [0.15, 0.2) is 52.3 Å². The number of allylic oxidation sites excluding steroid dienone is 1. The molecule has 2 aliphatic rings. The summed E-state index contributed by atoms with van der Waals surface area (Å²) in [6.07, 6.45) is 3.54. The lowest BCUT2D eigenvalue weighted by atomic mass is 9.85. The number of nitrogens with zero attached hydrogens (tertiary/aromatic N) is 1. The zero-order valence-corrected chi connectivity index (χ0v) is 34.0. The van der Waals surface area contributed by atoms with Gasteiger partial charge >= 0.3 is 0 Å². The lowest BCUT2D eigenvalue weighted by Gasteiger charge is -2.36. The van der Waals surface area contributed by atoms with E-state index in [2.05, 4.69) is 29.4 Å². The summed E-state index contributed by atoms with van der Waals surface area (Å²) in [7, 11) is 16.7. The Morgan fingerprint density at radius 2 is 1.27 bits per heavy atom. The van der Waals surface area contributed by atoms with E-state index < -0.39 is 0 Å². The quantitative estimate of drug-likeness (QED) is 0.108. The van der Waals surface area contributed by atoms with Crippen LogP contribution in [0.15, 0.2) is 42.5 Å². The average molecular weight is 769 g/mol. The van der Waals surface area contributed by atoms with Gasteiger partial charge in [0, 0.05) is 53.4 Å². The predicted octanol–water partition coefficient (Wildman–Crippen LogP) is 6.34. The van der Waals surface area contributed by atoms with Crippen molar-refractivity contribution in [2.75, 3.05) is 84.1 Å². The highest BCUT2D eigenvalue weighted by molar-refractivity contribution is 6.18. The van der Waals surface area contributed by atoms with Crippen LogP contribution in [0.5, 0.6) is 51.7 Å². The first-order chi connectivity index (χ1) is 27.2. The lowest BCUT2D eigenvalue weighted by Crippen LogP contribution is -2.34. The second-order valence-corrected chi connectivity index (χ2v) is 13.6. The molecular weight excluding hydrogens is 716 g/mol. The van der Waals surface area contributed by atoms with Gasteiger partial charge in [0.1, 0.15) is 0 Å². The van der Waals surface area contributed by atoms with Crippen molar-refractivity contribution >= 4 is 17.6 Å². The Labute approximate surface area is 329 Å². The Morgan fingerprint density at radius 3 is 1.88 bits per heavy atom. The molecule has 0 fully saturated rings. The normalized spacial score (nSPS) is 15.7. The molecule has 6 rings (SSSR count). The molecule has 0 saturated carbocycles. The molecule has 0 radical (unpaired) electrons. The molecule has 0 aliphatic carbocycles. The van der Waals surface area contributed by atoms with E-state index in [0.29, 0.717) is 88.0 Å². The molecule has 4 aromatic carbocycles. The molecule has 0 amide bonds. The maximum Gasteiger partial charge on any atom is 0.203 e. The van der Waals surface area contributed by atoms with Gasteiger partial charge in [0.25, 0.3) is 0 Å². The van der Waals surface area contributed by atoms with Gasteiger partial charge in [-0.2, -0.15) is 0 Å².